The maximum Gasteiger partial charge on any atom is 0.265 e. The van der Waals surface area contributed by atoms with Gasteiger partial charge < -0.3 is 15.3 Å². The first kappa shape index (κ1) is 16.7. The highest BCUT2D eigenvalue weighted by atomic mass is 32.1. The fourth-order valence-electron chi connectivity index (χ4n) is 2.82. The predicted molar refractivity (Wildman–Crippen MR) is 90.0 cm³/mol. The van der Waals surface area contributed by atoms with E-state index in [-0.39, 0.29) is 12.5 Å². The number of anilines is 1. The van der Waals surface area contributed by atoms with Gasteiger partial charge in [-0.05, 0) is 36.9 Å². The lowest BCUT2D eigenvalue weighted by atomic mass is 9.93. The standard InChI is InChI=1S/C15H20N6O2S/c1-2-11-12(24-20-19-11)13(22)18-9-15(23)5-3-8-21(10-15)14-16-6-4-7-17-14/h4,6-7,23H,2-3,5,8-10H2,1H3,(H,18,22). The van der Waals surface area contributed by atoms with Crippen LogP contribution in [0.3, 0.4) is 0 Å². The third-order valence-corrected chi connectivity index (χ3v) is 4.83. The van der Waals surface area contributed by atoms with Gasteiger partial charge in [-0.1, -0.05) is 11.4 Å². The molecule has 24 heavy (non-hydrogen) atoms. The van der Waals surface area contributed by atoms with Gasteiger partial charge in [0.2, 0.25) is 5.95 Å². The molecule has 0 aromatic carbocycles. The average molecular weight is 348 g/mol. The quantitative estimate of drug-likeness (QED) is 0.817. The van der Waals surface area contributed by atoms with E-state index in [9.17, 15) is 9.90 Å². The molecule has 3 heterocycles. The molecule has 1 fully saturated rings. The highest BCUT2D eigenvalue weighted by Crippen LogP contribution is 2.23. The van der Waals surface area contributed by atoms with Gasteiger partial charge in [-0.15, -0.1) is 5.10 Å². The number of aromatic nitrogens is 4. The molecule has 2 aromatic rings. The summed E-state index contributed by atoms with van der Waals surface area (Å²) in [6.07, 6.45) is 5.45. The molecule has 1 atom stereocenters. The van der Waals surface area contributed by atoms with Gasteiger partial charge >= 0.3 is 0 Å². The van der Waals surface area contributed by atoms with Gasteiger partial charge in [-0.2, -0.15) is 0 Å². The second-order valence-electron chi connectivity index (χ2n) is 5.88. The minimum absolute atomic E-state index is 0.177. The van der Waals surface area contributed by atoms with E-state index in [0.717, 1.165) is 24.5 Å². The van der Waals surface area contributed by atoms with Crippen molar-refractivity contribution in [1.82, 2.24) is 24.9 Å². The van der Waals surface area contributed by atoms with Crippen molar-refractivity contribution in [2.24, 2.45) is 0 Å². The molecule has 1 aliphatic heterocycles. The molecule has 1 unspecified atom stereocenters. The summed E-state index contributed by atoms with van der Waals surface area (Å²) in [5, 5.41) is 17.6. The van der Waals surface area contributed by atoms with E-state index < -0.39 is 5.60 Å². The molecule has 1 saturated heterocycles. The fraction of sp³-hybridized carbons (Fsp3) is 0.533. The SMILES string of the molecule is CCc1nnsc1C(=O)NCC1(O)CCCN(c2ncccn2)C1. The molecule has 1 aliphatic rings. The lowest BCUT2D eigenvalue weighted by Crippen LogP contribution is -2.54. The summed E-state index contributed by atoms with van der Waals surface area (Å²) in [6.45, 7) is 3.29. The Bertz CT molecular complexity index is 694. The van der Waals surface area contributed by atoms with Crippen molar-refractivity contribution < 1.29 is 9.90 Å². The van der Waals surface area contributed by atoms with E-state index in [1.54, 1.807) is 18.5 Å². The summed E-state index contributed by atoms with van der Waals surface area (Å²) < 4.78 is 3.82. The van der Waals surface area contributed by atoms with E-state index in [2.05, 4.69) is 24.9 Å². The number of carbonyl (C=O) groups excluding carboxylic acids is 1. The molecule has 8 nitrogen and oxygen atoms in total. The molecular weight excluding hydrogens is 328 g/mol. The van der Waals surface area contributed by atoms with Gasteiger partial charge in [0.1, 0.15) is 4.88 Å². The summed E-state index contributed by atoms with van der Waals surface area (Å²) in [6, 6.07) is 1.76. The average Bonchev–Trinajstić information content (AvgIpc) is 3.09. The third-order valence-electron chi connectivity index (χ3n) is 4.07. The third kappa shape index (κ3) is 3.68. The van der Waals surface area contributed by atoms with E-state index in [1.165, 1.54) is 0 Å². The Morgan fingerprint density at radius 3 is 3.00 bits per heavy atom. The Balaban J connectivity index is 1.62. The van der Waals surface area contributed by atoms with Crippen LogP contribution in [0.25, 0.3) is 0 Å². The molecule has 0 bridgehead atoms. The Kier molecular flexibility index (Phi) is 5.00. The molecule has 2 N–H and O–H groups in total. The first-order valence-electron chi connectivity index (χ1n) is 7.95. The summed E-state index contributed by atoms with van der Waals surface area (Å²) in [7, 11) is 0. The zero-order valence-electron chi connectivity index (χ0n) is 13.5. The highest BCUT2D eigenvalue weighted by molar-refractivity contribution is 7.08. The number of hydrogen-bond acceptors (Lipinski definition) is 8. The van der Waals surface area contributed by atoms with Gasteiger partial charge in [0.15, 0.2) is 0 Å². The minimum atomic E-state index is -1.00. The van der Waals surface area contributed by atoms with Crippen molar-refractivity contribution in [3.63, 3.8) is 0 Å². The molecule has 0 aliphatic carbocycles. The molecule has 0 radical (unpaired) electrons. The summed E-state index contributed by atoms with van der Waals surface area (Å²) >= 11 is 1.08. The minimum Gasteiger partial charge on any atom is -0.386 e. The van der Waals surface area contributed by atoms with Crippen LogP contribution < -0.4 is 10.2 Å². The Morgan fingerprint density at radius 1 is 1.46 bits per heavy atom. The van der Waals surface area contributed by atoms with Crippen molar-refractivity contribution in [2.45, 2.75) is 31.8 Å². The van der Waals surface area contributed by atoms with Gasteiger partial charge in [0.25, 0.3) is 5.91 Å². The molecular formula is C15H20N6O2S. The van der Waals surface area contributed by atoms with Crippen LogP contribution in [0.1, 0.15) is 35.1 Å². The number of β-amino-alcohol motifs (C(OH)–C–C–N with tert-alkyl or cyclic N) is 1. The first-order chi connectivity index (χ1) is 11.6. The van der Waals surface area contributed by atoms with Crippen LogP contribution in [-0.2, 0) is 6.42 Å². The topological polar surface area (TPSA) is 104 Å². The van der Waals surface area contributed by atoms with E-state index >= 15 is 0 Å². The predicted octanol–water partition coefficient (Wildman–Crippen LogP) is 0.652. The number of amides is 1. The fourth-order valence-corrected chi connectivity index (χ4v) is 3.49. The smallest absolute Gasteiger partial charge is 0.265 e. The second kappa shape index (κ2) is 7.18. The van der Waals surface area contributed by atoms with Crippen LogP contribution in [0.15, 0.2) is 18.5 Å². The number of rotatable bonds is 5. The van der Waals surface area contributed by atoms with Gasteiger partial charge in [-0.3, -0.25) is 4.79 Å². The molecule has 9 heteroatoms. The Morgan fingerprint density at radius 2 is 2.25 bits per heavy atom. The summed E-state index contributed by atoms with van der Waals surface area (Å²) in [4.78, 5) is 23.2. The van der Waals surface area contributed by atoms with Gasteiger partial charge in [0.05, 0.1) is 17.8 Å². The van der Waals surface area contributed by atoms with Crippen LogP contribution in [0.4, 0.5) is 5.95 Å². The van der Waals surface area contributed by atoms with Crippen LogP contribution >= 0.6 is 11.5 Å². The Labute approximate surface area is 144 Å². The number of piperidine rings is 1. The van der Waals surface area contributed by atoms with E-state index in [0.29, 0.717) is 35.9 Å². The van der Waals surface area contributed by atoms with Crippen LogP contribution in [-0.4, -0.2) is 55.8 Å². The van der Waals surface area contributed by atoms with Crippen LogP contribution in [0, 0.1) is 0 Å². The molecule has 0 spiro atoms. The normalized spacial score (nSPS) is 20.8. The number of nitrogens with zero attached hydrogens (tertiary/aromatic N) is 5. The molecule has 128 valence electrons. The lowest BCUT2D eigenvalue weighted by Gasteiger charge is -2.39. The molecule has 1 amide bonds. The monoisotopic (exact) mass is 348 g/mol. The largest absolute Gasteiger partial charge is 0.386 e. The van der Waals surface area contributed by atoms with Gasteiger partial charge in [-0.25, -0.2) is 9.97 Å². The summed E-state index contributed by atoms with van der Waals surface area (Å²) in [5.41, 5.74) is -0.315. The number of nitrogens with one attached hydrogen (secondary N) is 1. The van der Waals surface area contributed by atoms with Crippen molar-refractivity contribution in [1.29, 1.82) is 0 Å². The molecule has 2 aromatic heterocycles. The highest BCUT2D eigenvalue weighted by Gasteiger charge is 2.35. The van der Waals surface area contributed by atoms with Crippen LogP contribution in [0.5, 0.6) is 0 Å². The number of carbonyl (C=O) groups is 1. The molecule has 0 saturated carbocycles. The number of hydrogen-bond donors (Lipinski definition) is 2. The van der Waals surface area contributed by atoms with E-state index in [4.69, 9.17) is 0 Å². The number of aryl methyl sites for hydroxylation is 1. The maximum atomic E-state index is 12.3. The summed E-state index contributed by atoms with van der Waals surface area (Å²) in [5.74, 6) is 0.366. The van der Waals surface area contributed by atoms with Gasteiger partial charge in [0, 0.05) is 25.5 Å². The molecule has 3 rings (SSSR count). The number of aliphatic hydroxyl groups is 1. The zero-order valence-corrected chi connectivity index (χ0v) is 14.3. The van der Waals surface area contributed by atoms with E-state index in [1.807, 2.05) is 11.8 Å². The maximum absolute atomic E-state index is 12.3. The van der Waals surface area contributed by atoms with Crippen molar-refractivity contribution in [3.05, 3.63) is 29.0 Å². The van der Waals surface area contributed by atoms with Crippen molar-refractivity contribution in [2.75, 3.05) is 24.5 Å². The van der Waals surface area contributed by atoms with Crippen molar-refractivity contribution >= 4 is 23.4 Å². The Hall–Kier alpha value is -2.13. The van der Waals surface area contributed by atoms with Crippen molar-refractivity contribution in [3.8, 4) is 0 Å². The van der Waals surface area contributed by atoms with Crippen LogP contribution in [0.2, 0.25) is 0 Å². The second-order valence-corrected chi connectivity index (χ2v) is 6.64. The zero-order chi connectivity index (χ0) is 17.0. The first-order valence-corrected chi connectivity index (χ1v) is 8.72. The lowest BCUT2D eigenvalue weighted by molar-refractivity contribution is 0.0253.